The van der Waals surface area contributed by atoms with Gasteiger partial charge in [0.2, 0.25) is 5.91 Å². The number of anilines is 1. The lowest BCUT2D eigenvalue weighted by molar-refractivity contribution is -0.133. The standard InChI is InChI=1S/C24H32ClN5O/c1-16(2)26-14-21(18-5-7-19(25)8-6-18)24(31)30-12-10-29(11-13-30)23-20-9-4-17(3)22(20)27-15-28-23/h5-8,15-17,21,26H,4,9-14H2,1-3H3. The van der Waals surface area contributed by atoms with Crippen molar-refractivity contribution in [3.63, 3.8) is 0 Å². The highest BCUT2D eigenvalue weighted by Crippen LogP contribution is 2.35. The Morgan fingerprint density at radius 3 is 2.55 bits per heavy atom. The van der Waals surface area contributed by atoms with Gasteiger partial charge in [-0.1, -0.05) is 44.5 Å². The fraction of sp³-hybridized carbons (Fsp3) is 0.542. The van der Waals surface area contributed by atoms with E-state index in [2.05, 4.69) is 41.0 Å². The van der Waals surface area contributed by atoms with Crippen LogP contribution in [0.15, 0.2) is 30.6 Å². The number of hydrogen-bond acceptors (Lipinski definition) is 5. The summed E-state index contributed by atoms with van der Waals surface area (Å²) in [5.74, 6) is 1.54. The zero-order valence-electron chi connectivity index (χ0n) is 18.6. The number of hydrogen-bond donors (Lipinski definition) is 1. The quantitative estimate of drug-likeness (QED) is 0.741. The lowest BCUT2D eigenvalue weighted by Crippen LogP contribution is -2.51. The molecule has 31 heavy (non-hydrogen) atoms. The van der Waals surface area contributed by atoms with Crippen molar-refractivity contribution in [2.45, 2.75) is 51.5 Å². The number of carbonyl (C=O) groups is 1. The molecule has 166 valence electrons. The molecule has 2 unspecified atom stereocenters. The summed E-state index contributed by atoms with van der Waals surface area (Å²) in [6.07, 6.45) is 3.89. The maximum absolute atomic E-state index is 13.5. The number of aromatic nitrogens is 2. The minimum atomic E-state index is -0.213. The van der Waals surface area contributed by atoms with E-state index in [1.54, 1.807) is 6.33 Å². The highest BCUT2D eigenvalue weighted by Gasteiger charge is 2.31. The molecule has 0 radical (unpaired) electrons. The number of nitrogens with zero attached hydrogens (tertiary/aromatic N) is 4. The van der Waals surface area contributed by atoms with E-state index in [1.807, 2.05) is 29.2 Å². The van der Waals surface area contributed by atoms with Crippen molar-refractivity contribution in [2.75, 3.05) is 37.6 Å². The molecule has 0 spiro atoms. The first-order chi connectivity index (χ1) is 14.9. The summed E-state index contributed by atoms with van der Waals surface area (Å²) in [7, 11) is 0. The number of carbonyl (C=O) groups excluding carboxylic acids is 1. The van der Waals surface area contributed by atoms with E-state index >= 15 is 0 Å². The van der Waals surface area contributed by atoms with Crippen LogP contribution in [0.5, 0.6) is 0 Å². The summed E-state index contributed by atoms with van der Waals surface area (Å²) >= 11 is 6.07. The second-order valence-electron chi connectivity index (χ2n) is 8.98. The number of amides is 1. The van der Waals surface area contributed by atoms with E-state index in [-0.39, 0.29) is 11.8 Å². The molecule has 2 aromatic rings. The third kappa shape index (κ3) is 4.85. The molecule has 2 aliphatic rings. The predicted molar refractivity (Wildman–Crippen MR) is 125 cm³/mol. The SMILES string of the molecule is CC(C)NCC(C(=O)N1CCN(c2ncnc3c2CCC3C)CC1)c1ccc(Cl)cc1. The molecule has 7 heteroatoms. The number of benzene rings is 1. The van der Waals surface area contributed by atoms with Crippen molar-refractivity contribution in [2.24, 2.45) is 0 Å². The maximum Gasteiger partial charge on any atom is 0.231 e. The van der Waals surface area contributed by atoms with Crippen molar-refractivity contribution >= 4 is 23.3 Å². The normalized spacial score (nSPS) is 19.6. The van der Waals surface area contributed by atoms with Crippen LogP contribution < -0.4 is 10.2 Å². The second kappa shape index (κ2) is 9.53. The van der Waals surface area contributed by atoms with Crippen molar-refractivity contribution < 1.29 is 4.79 Å². The van der Waals surface area contributed by atoms with E-state index in [4.69, 9.17) is 11.6 Å². The van der Waals surface area contributed by atoms with Crippen LogP contribution in [0.2, 0.25) is 5.02 Å². The van der Waals surface area contributed by atoms with Gasteiger partial charge in [-0.2, -0.15) is 0 Å². The summed E-state index contributed by atoms with van der Waals surface area (Å²) in [6, 6.07) is 7.98. The van der Waals surface area contributed by atoms with Crippen LogP contribution in [0.3, 0.4) is 0 Å². The lowest BCUT2D eigenvalue weighted by atomic mass is 9.96. The minimum Gasteiger partial charge on any atom is -0.353 e. The van der Waals surface area contributed by atoms with E-state index in [1.165, 1.54) is 11.3 Å². The van der Waals surface area contributed by atoms with Gasteiger partial charge in [0.05, 0.1) is 11.6 Å². The Morgan fingerprint density at radius 1 is 1.16 bits per heavy atom. The van der Waals surface area contributed by atoms with Gasteiger partial charge in [0, 0.05) is 49.4 Å². The van der Waals surface area contributed by atoms with Crippen molar-refractivity contribution in [1.82, 2.24) is 20.2 Å². The lowest BCUT2D eigenvalue weighted by Gasteiger charge is -2.37. The van der Waals surface area contributed by atoms with Crippen LogP contribution >= 0.6 is 11.6 Å². The molecule has 0 saturated carbocycles. The molecule has 1 aromatic heterocycles. The largest absolute Gasteiger partial charge is 0.353 e. The summed E-state index contributed by atoms with van der Waals surface area (Å²) in [6.45, 7) is 10.1. The Labute approximate surface area is 190 Å². The topological polar surface area (TPSA) is 61.4 Å². The highest BCUT2D eigenvalue weighted by molar-refractivity contribution is 6.30. The van der Waals surface area contributed by atoms with Gasteiger partial charge in [0.15, 0.2) is 0 Å². The number of halogens is 1. The Balaban J connectivity index is 1.45. The third-order valence-corrected chi connectivity index (χ3v) is 6.69. The first-order valence-corrected chi connectivity index (χ1v) is 11.7. The van der Waals surface area contributed by atoms with Gasteiger partial charge in [0.25, 0.3) is 0 Å². The van der Waals surface area contributed by atoms with Crippen molar-refractivity contribution in [3.8, 4) is 0 Å². The molecule has 0 bridgehead atoms. The van der Waals surface area contributed by atoms with E-state index in [0.29, 0.717) is 36.6 Å². The van der Waals surface area contributed by atoms with Gasteiger partial charge < -0.3 is 15.1 Å². The molecule has 2 heterocycles. The molecule has 1 N–H and O–H groups in total. The first kappa shape index (κ1) is 22.0. The van der Waals surface area contributed by atoms with Gasteiger partial charge in [0.1, 0.15) is 12.1 Å². The van der Waals surface area contributed by atoms with Gasteiger partial charge in [-0.25, -0.2) is 9.97 Å². The van der Waals surface area contributed by atoms with Crippen LogP contribution in [0.4, 0.5) is 5.82 Å². The monoisotopic (exact) mass is 441 g/mol. The summed E-state index contributed by atoms with van der Waals surface area (Å²) < 4.78 is 0. The smallest absolute Gasteiger partial charge is 0.231 e. The van der Waals surface area contributed by atoms with E-state index in [9.17, 15) is 4.79 Å². The van der Waals surface area contributed by atoms with Crippen molar-refractivity contribution in [3.05, 3.63) is 52.4 Å². The average molecular weight is 442 g/mol. The Bertz CT molecular complexity index is 909. The predicted octanol–water partition coefficient (Wildman–Crippen LogP) is 3.61. The van der Waals surface area contributed by atoms with E-state index in [0.717, 1.165) is 37.3 Å². The molecule has 1 aliphatic heterocycles. The highest BCUT2D eigenvalue weighted by atomic mass is 35.5. The summed E-state index contributed by atoms with van der Waals surface area (Å²) in [5, 5.41) is 4.12. The zero-order valence-corrected chi connectivity index (χ0v) is 19.4. The number of rotatable bonds is 6. The molecule has 1 aromatic carbocycles. The fourth-order valence-electron chi connectivity index (χ4n) is 4.61. The van der Waals surface area contributed by atoms with Gasteiger partial charge >= 0.3 is 0 Å². The summed E-state index contributed by atoms with van der Waals surface area (Å²) in [4.78, 5) is 26.9. The van der Waals surface area contributed by atoms with E-state index < -0.39 is 0 Å². The van der Waals surface area contributed by atoms with Crippen LogP contribution in [0.1, 0.15) is 55.8 Å². The average Bonchev–Trinajstić information content (AvgIpc) is 3.16. The maximum atomic E-state index is 13.5. The third-order valence-electron chi connectivity index (χ3n) is 6.44. The molecule has 1 aliphatic carbocycles. The summed E-state index contributed by atoms with van der Waals surface area (Å²) in [5.41, 5.74) is 3.51. The van der Waals surface area contributed by atoms with Gasteiger partial charge in [-0.15, -0.1) is 0 Å². The molecular weight excluding hydrogens is 410 g/mol. The van der Waals surface area contributed by atoms with Crippen LogP contribution in [0, 0.1) is 0 Å². The molecule has 6 nitrogen and oxygen atoms in total. The van der Waals surface area contributed by atoms with Gasteiger partial charge in [-0.05, 0) is 36.5 Å². The second-order valence-corrected chi connectivity index (χ2v) is 9.42. The fourth-order valence-corrected chi connectivity index (χ4v) is 4.73. The Hall–Kier alpha value is -2.18. The Kier molecular flexibility index (Phi) is 6.77. The van der Waals surface area contributed by atoms with Crippen LogP contribution in [-0.2, 0) is 11.2 Å². The number of nitrogens with one attached hydrogen (secondary N) is 1. The molecule has 1 saturated heterocycles. The van der Waals surface area contributed by atoms with Crippen LogP contribution in [0.25, 0.3) is 0 Å². The van der Waals surface area contributed by atoms with Gasteiger partial charge in [-0.3, -0.25) is 4.79 Å². The Morgan fingerprint density at radius 2 is 1.87 bits per heavy atom. The number of fused-ring (bicyclic) bond motifs is 1. The number of piperazine rings is 1. The first-order valence-electron chi connectivity index (χ1n) is 11.3. The minimum absolute atomic E-state index is 0.177. The van der Waals surface area contributed by atoms with Crippen LogP contribution in [-0.4, -0.2) is 59.5 Å². The molecule has 2 atom stereocenters. The molecule has 1 amide bonds. The molecule has 4 rings (SSSR count). The van der Waals surface area contributed by atoms with Crippen molar-refractivity contribution in [1.29, 1.82) is 0 Å². The zero-order chi connectivity index (χ0) is 22.0. The molecule has 1 fully saturated rings. The molecular formula is C24H32ClN5O.